The van der Waals surface area contributed by atoms with Crippen molar-refractivity contribution in [3.63, 3.8) is 0 Å². The monoisotopic (exact) mass is 488 g/mol. The molecule has 1 atom stereocenters. The zero-order chi connectivity index (χ0) is 19.3. The van der Waals surface area contributed by atoms with Crippen LogP contribution in [0.4, 0.5) is 0 Å². The molecule has 1 fully saturated rings. The van der Waals surface area contributed by atoms with Crippen LogP contribution in [0.25, 0.3) is 0 Å². The SMILES string of the molecule is CN=C(NCC(=O)NC(C)(C)C)N1CCOC(c2ccc(C)cc2C)C1.I. The van der Waals surface area contributed by atoms with Gasteiger partial charge < -0.3 is 20.3 Å². The van der Waals surface area contributed by atoms with Crippen molar-refractivity contribution >= 4 is 35.8 Å². The highest BCUT2D eigenvalue weighted by atomic mass is 127. The summed E-state index contributed by atoms with van der Waals surface area (Å²) in [6.07, 6.45) is 0.00583. The number of carbonyl (C=O) groups is 1. The third kappa shape index (κ3) is 7.29. The van der Waals surface area contributed by atoms with Gasteiger partial charge in [0, 0.05) is 19.1 Å². The lowest BCUT2D eigenvalue weighted by molar-refractivity contribution is -0.121. The number of halogens is 1. The first kappa shape index (κ1) is 23.7. The Hall–Kier alpha value is -1.35. The fourth-order valence-electron chi connectivity index (χ4n) is 3.17. The molecule has 1 aromatic rings. The van der Waals surface area contributed by atoms with Gasteiger partial charge in [-0.05, 0) is 45.7 Å². The second-order valence-electron chi connectivity index (χ2n) is 7.86. The number of amides is 1. The Bertz CT molecular complexity index is 670. The first-order chi connectivity index (χ1) is 12.2. The maximum Gasteiger partial charge on any atom is 0.239 e. The molecule has 1 amide bonds. The minimum absolute atomic E-state index is 0. The Kier molecular flexibility index (Phi) is 9.01. The molecule has 0 aliphatic carbocycles. The van der Waals surface area contributed by atoms with Gasteiger partial charge in [-0.2, -0.15) is 0 Å². The average molecular weight is 488 g/mol. The molecule has 27 heavy (non-hydrogen) atoms. The lowest BCUT2D eigenvalue weighted by Crippen LogP contribution is -2.52. The van der Waals surface area contributed by atoms with Crippen molar-refractivity contribution in [3.8, 4) is 0 Å². The molecule has 0 bridgehead atoms. The molecule has 1 saturated heterocycles. The van der Waals surface area contributed by atoms with Crippen LogP contribution in [0, 0.1) is 13.8 Å². The lowest BCUT2D eigenvalue weighted by atomic mass is 10.00. The molecular formula is C20H33IN4O2. The molecule has 7 heteroatoms. The van der Waals surface area contributed by atoms with E-state index in [4.69, 9.17) is 4.74 Å². The molecule has 2 N–H and O–H groups in total. The largest absolute Gasteiger partial charge is 0.370 e. The predicted molar refractivity (Wildman–Crippen MR) is 121 cm³/mol. The van der Waals surface area contributed by atoms with Crippen LogP contribution in [0.5, 0.6) is 0 Å². The first-order valence-electron chi connectivity index (χ1n) is 9.15. The van der Waals surface area contributed by atoms with E-state index in [0.29, 0.717) is 13.2 Å². The van der Waals surface area contributed by atoms with Crippen molar-refractivity contribution in [1.29, 1.82) is 0 Å². The summed E-state index contributed by atoms with van der Waals surface area (Å²) in [5.41, 5.74) is 3.46. The van der Waals surface area contributed by atoms with E-state index in [1.807, 2.05) is 20.8 Å². The van der Waals surface area contributed by atoms with Gasteiger partial charge in [-0.25, -0.2) is 0 Å². The van der Waals surface area contributed by atoms with E-state index in [2.05, 4.69) is 52.6 Å². The highest BCUT2D eigenvalue weighted by Crippen LogP contribution is 2.25. The molecule has 1 aliphatic heterocycles. The number of rotatable bonds is 3. The zero-order valence-corrected chi connectivity index (χ0v) is 19.6. The Morgan fingerprint density at radius 2 is 2.04 bits per heavy atom. The number of benzene rings is 1. The predicted octanol–water partition coefficient (Wildman–Crippen LogP) is 2.78. The zero-order valence-electron chi connectivity index (χ0n) is 17.3. The van der Waals surface area contributed by atoms with Crippen LogP contribution in [0.3, 0.4) is 0 Å². The maximum atomic E-state index is 12.1. The van der Waals surface area contributed by atoms with E-state index in [1.54, 1.807) is 7.05 Å². The third-order valence-electron chi connectivity index (χ3n) is 4.27. The van der Waals surface area contributed by atoms with Crippen molar-refractivity contribution in [1.82, 2.24) is 15.5 Å². The lowest BCUT2D eigenvalue weighted by Gasteiger charge is -2.36. The normalized spacial score (nSPS) is 17.9. The van der Waals surface area contributed by atoms with E-state index >= 15 is 0 Å². The number of nitrogens with one attached hydrogen (secondary N) is 2. The fraction of sp³-hybridized carbons (Fsp3) is 0.600. The molecule has 1 unspecified atom stereocenters. The Balaban J connectivity index is 0.00000364. The van der Waals surface area contributed by atoms with Gasteiger partial charge in [-0.3, -0.25) is 9.79 Å². The quantitative estimate of drug-likeness (QED) is 0.390. The Labute approximate surface area is 180 Å². The molecule has 0 spiro atoms. The summed E-state index contributed by atoms with van der Waals surface area (Å²) >= 11 is 0. The van der Waals surface area contributed by atoms with Crippen molar-refractivity contribution in [3.05, 3.63) is 34.9 Å². The van der Waals surface area contributed by atoms with Gasteiger partial charge in [0.1, 0.15) is 6.10 Å². The summed E-state index contributed by atoms with van der Waals surface area (Å²) in [6.45, 7) is 12.4. The summed E-state index contributed by atoms with van der Waals surface area (Å²) in [7, 11) is 1.74. The molecular weight excluding hydrogens is 455 g/mol. The fourth-order valence-corrected chi connectivity index (χ4v) is 3.17. The molecule has 2 rings (SSSR count). The molecule has 1 heterocycles. The summed E-state index contributed by atoms with van der Waals surface area (Å²) in [4.78, 5) is 18.5. The molecule has 6 nitrogen and oxygen atoms in total. The van der Waals surface area contributed by atoms with Crippen LogP contribution in [0.15, 0.2) is 23.2 Å². The van der Waals surface area contributed by atoms with E-state index in [1.165, 1.54) is 16.7 Å². The Morgan fingerprint density at radius 3 is 2.63 bits per heavy atom. The molecule has 152 valence electrons. The van der Waals surface area contributed by atoms with Crippen LogP contribution in [0.1, 0.15) is 43.6 Å². The van der Waals surface area contributed by atoms with Gasteiger partial charge in [0.15, 0.2) is 5.96 Å². The summed E-state index contributed by atoms with van der Waals surface area (Å²) < 4.78 is 6.00. The van der Waals surface area contributed by atoms with E-state index < -0.39 is 0 Å². The standard InChI is InChI=1S/C20H32N4O2.HI/c1-14-7-8-16(15(2)11-14)17-13-24(9-10-26-17)19(21-6)22-12-18(25)23-20(3,4)5;/h7-8,11,17H,9-10,12-13H2,1-6H3,(H,21,22)(H,23,25);1H. The number of aryl methyl sites for hydroxylation is 2. The second-order valence-corrected chi connectivity index (χ2v) is 7.86. The number of aliphatic imine (C=N–C) groups is 1. The van der Waals surface area contributed by atoms with Crippen molar-refractivity contribution in [2.75, 3.05) is 33.3 Å². The third-order valence-corrected chi connectivity index (χ3v) is 4.27. The van der Waals surface area contributed by atoms with Gasteiger partial charge in [-0.1, -0.05) is 23.8 Å². The maximum absolute atomic E-state index is 12.1. The molecule has 0 radical (unpaired) electrons. The molecule has 1 aromatic carbocycles. The number of nitrogens with zero attached hydrogens (tertiary/aromatic N) is 2. The first-order valence-corrected chi connectivity index (χ1v) is 9.15. The number of hydrogen-bond donors (Lipinski definition) is 2. The number of morpholine rings is 1. The van der Waals surface area contributed by atoms with Crippen molar-refractivity contribution in [2.24, 2.45) is 4.99 Å². The highest BCUT2D eigenvalue weighted by molar-refractivity contribution is 14.0. The minimum atomic E-state index is -0.241. The Morgan fingerprint density at radius 1 is 1.33 bits per heavy atom. The van der Waals surface area contributed by atoms with Gasteiger partial charge in [0.2, 0.25) is 5.91 Å². The molecule has 0 aromatic heterocycles. The number of ether oxygens (including phenoxy) is 1. The van der Waals surface area contributed by atoms with Gasteiger partial charge >= 0.3 is 0 Å². The van der Waals surface area contributed by atoms with Crippen LogP contribution < -0.4 is 10.6 Å². The van der Waals surface area contributed by atoms with Gasteiger partial charge in [0.25, 0.3) is 0 Å². The smallest absolute Gasteiger partial charge is 0.239 e. The number of carbonyl (C=O) groups excluding carboxylic acids is 1. The summed E-state index contributed by atoms with van der Waals surface area (Å²) in [6, 6.07) is 6.45. The minimum Gasteiger partial charge on any atom is -0.370 e. The van der Waals surface area contributed by atoms with Crippen LogP contribution >= 0.6 is 24.0 Å². The second kappa shape index (κ2) is 10.3. The van der Waals surface area contributed by atoms with Crippen molar-refractivity contribution < 1.29 is 9.53 Å². The van der Waals surface area contributed by atoms with E-state index in [0.717, 1.165) is 12.5 Å². The summed E-state index contributed by atoms with van der Waals surface area (Å²) in [5, 5.41) is 6.11. The van der Waals surface area contributed by atoms with E-state index in [-0.39, 0.29) is 48.1 Å². The van der Waals surface area contributed by atoms with Crippen LogP contribution in [0.2, 0.25) is 0 Å². The molecule has 1 aliphatic rings. The summed E-state index contributed by atoms with van der Waals surface area (Å²) in [5.74, 6) is 0.685. The van der Waals surface area contributed by atoms with E-state index in [9.17, 15) is 4.79 Å². The van der Waals surface area contributed by atoms with Crippen molar-refractivity contribution in [2.45, 2.75) is 46.3 Å². The highest BCUT2D eigenvalue weighted by Gasteiger charge is 2.25. The van der Waals surface area contributed by atoms with Crippen LogP contribution in [-0.4, -0.2) is 55.6 Å². The number of guanidine groups is 1. The molecule has 0 saturated carbocycles. The van der Waals surface area contributed by atoms with Gasteiger partial charge in [0.05, 0.1) is 19.7 Å². The topological polar surface area (TPSA) is 66.0 Å². The van der Waals surface area contributed by atoms with Gasteiger partial charge in [-0.15, -0.1) is 24.0 Å². The number of hydrogen-bond acceptors (Lipinski definition) is 3. The average Bonchev–Trinajstić information content (AvgIpc) is 2.54. The van der Waals surface area contributed by atoms with Crippen LogP contribution in [-0.2, 0) is 9.53 Å².